The topological polar surface area (TPSA) is 70.5 Å². The molecule has 35 heavy (non-hydrogen) atoms. The molecule has 0 radical (unpaired) electrons. The zero-order chi connectivity index (χ0) is 24.4. The molecule has 0 bridgehead atoms. The third kappa shape index (κ3) is 4.53. The maximum Gasteiger partial charge on any atom is 0.268 e. The second kappa shape index (κ2) is 9.46. The monoisotopic (exact) mass is 465 g/mol. The van der Waals surface area contributed by atoms with Crippen molar-refractivity contribution in [2.75, 3.05) is 23.9 Å². The van der Waals surface area contributed by atoms with Crippen molar-refractivity contribution in [2.24, 2.45) is 0 Å². The van der Waals surface area contributed by atoms with E-state index in [1.165, 1.54) is 0 Å². The van der Waals surface area contributed by atoms with Crippen molar-refractivity contribution in [3.05, 3.63) is 113 Å². The van der Waals surface area contributed by atoms with Crippen molar-refractivity contribution < 1.29 is 9.59 Å². The van der Waals surface area contributed by atoms with Gasteiger partial charge in [0.15, 0.2) is 0 Å². The van der Waals surface area contributed by atoms with E-state index in [2.05, 4.69) is 10.3 Å². The minimum absolute atomic E-state index is 0.0695. The largest absolute Gasteiger partial charge is 0.378 e. The summed E-state index contributed by atoms with van der Waals surface area (Å²) in [6.07, 6.45) is 3.45. The highest BCUT2D eigenvalue weighted by atomic mass is 16.2. The molecule has 2 amide bonds. The van der Waals surface area contributed by atoms with Crippen LogP contribution in [0.3, 0.4) is 0 Å². The summed E-state index contributed by atoms with van der Waals surface area (Å²) in [7, 11) is 3.95. The number of pyridine rings is 1. The summed E-state index contributed by atoms with van der Waals surface area (Å²) < 4.78 is 2.00. The van der Waals surface area contributed by atoms with Gasteiger partial charge in [0, 0.05) is 55.7 Å². The Bertz CT molecular complexity index is 1360. The lowest BCUT2D eigenvalue weighted by atomic mass is 10.1. The number of fused-ring (bicyclic) bond motifs is 2. The molecule has 1 N–H and O–H groups in total. The van der Waals surface area contributed by atoms with Crippen LogP contribution in [0.15, 0.2) is 85.2 Å². The standard InChI is InChI=1S/C28H27N5O2/c1-31(2)23-11-9-21(10-12-23)28(35)33-19-24-13-14-26(27(34)30-17-20-6-5-15-29-16-20)32(24)18-22-7-3-4-8-25(22)33/h3-16H,17-19H2,1-2H3,(H,30,34). The molecule has 7 nitrogen and oxygen atoms in total. The number of rotatable bonds is 5. The van der Waals surface area contributed by atoms with Gasteiger partial charge in [0.2, 0.25) is 0 Å². The van der Waals surface area contributed by atoms with Gasteiger partial charge in [-0.1, -0.05) is 24.3 Å². The number of para-hydroxylation sites is 1. The van der Waals surface area contributed by atoms with Crippen LogP contribution in [0.5, 0.6) is 0 Å². The van der Waals surface area contributed by atoms with Gasteiger partial charge >= 0.3 is 0 Å². The van der Waals surface area contributed by atoms with E-state index in [1.54, 1.807) is 17.3 Å². The molecule has 3 heterocycles. The minimum atomic E-state index is -0.156. The molecule has 2 aromatic carbocycles. The van der Waals surface area contributed by atoms with Crippen LogP contribution in [0.25, 0.3) is 0 Å². The van der Waals surface area contributed by atoms with Crippen molar-refractivity contribution in [3.8, 4) is 0 Å². The number of anilines is 2. The summed E-state index contributed by atoms with van der Waals surface area (Å²) in [5.41, 5.74) is 5.93. The zero-order valence-corrected chi connectivity index (χ0v) is 19.8. The lowest BCUT2D eigenvalue weighted by Crippen LogP contribution is -2.30. The van der Waals surface area contributed by atoms with E-state index < -0.39 is 0 Å². The number of carbonyl (C=O) groups is 2. The molecule has 0 spiro atoms. The number of hydrogen-bond donors (Lipinski definition) is 1. The highest BCUT2D eigenvalue weighted by Gasteiger charge is 2.27. The van der Waals surface area contributed by atoms with Crippen molar-refractivity contribution in [2.45, 2.75) is 19.6 Å². The van der Waals surface area contributed by atoms with E-state index in [1.807, 2.05) is 96.4 Å². The predicted octanol–water partition coefficient (Wildman–Crippen LogP) is 4.09. The van der Waals surface area contributed by atoms with Gasteiger partial charge in [-0.05, 0) is 59.7 Å². The Morgan fingerprint density at radius 2 is 1.74 bits per heavy atom. The number of aromatic nitrogens is 2. The number of hydrogen-bond acceptors (Lipinski definition) is 4. The van der Waals surface area contributed by atoms with E-state index in [9.17, 15) is 9.59 Å². The van der Waals surface area contributed by atoms with E-state index in [0.29, 0.717) is 30.9 Å². The molecule has 7 heteroatoms. The molecule has 0 aliphatic carbocycles. The molecule has 0 atom stereocenters. The smallest absolute Gasteiger partial charge is 0.268 e. The molecule has 1 aliphatic heterocycles. The number of carbonyl (C=O) groups excluding carboxylic acids is 2. The molecule has 0 saturated heterocycles. The van der Waals surface area contributed by atoms with Crippen LogP contribution in [-0.2, 0) is 19.6 Å². The Hall–Kier alpha value is -4.39. The summed E-state index contributed by atoms with van der Waals surface area (Å²) in [6, 6.07) is 23.0. The van der Waals surface area contributed by atoms with Gasteiger partial charge in [0.05, 0.1) is 13.1 Å². The van der Waals surface area contributed by atoms with Crippen LogP contribution in [0.4, 0.5) is 11.4 Å². The second-order valence-corrected chi connectivity index (χ2v) is 8.80. The molecular formula is C28H27N5O2. The second-order valence-electron chi connectivity index (χ2n) is 8.80. The van der Waals surface area contributed by atoms with Gasteiger partial charge in [-0.15, -0.1) is 0 Å². The van der Waals surface area contributed by atoms with E-state index in [0.717, 1.165) is 28.2 Å². The Kier molecular flexibility index (Phi) is 6.06. The molecule has 176 valence electrons. The first kappa shape index (κ1) is 22.4. The van der Waals surface area contributed by atoms with Crippen LogP contribution in [0, 0.1) is 0 Å². The third-order valence-corrected chi connectivity index (χ3v) is 6.29. The van der Waals surface area contributed by atoms with Gasteiger partial charge in [0.1, 0.15) is 5.69 Å². The van der Waals surface area contributed by atoms with Crippen molar-refractivity contribution in [3.63, 3.8) is 0 Å². The SMILES string of the molecule is CN(C)c1ccc(C(=O)N2Cc3ccc(C(=O)NCc4cccnc4)n3Cc3ccccc32)cc1. The van der Waals surface area contributed by atoms with E-state index >= 15 is 0 Å². The molecule has 5 rings (SSSR count). The number of amides is 2. The number of nitrogens with zero attached hydrogens (tertiary/aromatic N) is 4. The maximum absolute atomic E-state index is 13.6. The fourth-order valence-electron chi connectivity index (χ4n) is 4.37. The molecule has 0 saturated carbocycles. The quantitative estimate of drug-likeness (QED) is 0.482. The Labute approximate surface area is 204 Å². The zero-order valence-electron chi connectivity index (χ0n) is 19.8. The Morgan fingerprint density at radius 3 is 2.49 bits per heavy atom. The summed E-state index contributed by atoms with van der Waals surface area (Å²) >= 11 is 0. The lowest BCUT2D eigenvalue weighted by Gasteiger charge is -2.23. The molecule has 4 aromatic rings. The van der Waals surface area contributed by atoms with Crippen molar-refractivity contribution >= 4 is 23.2 Å². The molecule has 2 aromatic heterocycles. The normalized spacial score (nSPS) is 12.3. The van der Waals surface area contributed by atoms with Crippen LogP contribution in [-0.4, -0.2) is 35.5 Å². The maximum atomic E-state index is 13.6. The fraction of sp³-hybridized carbons (Fsp3) is 0.179. The van der Waals surface area contributed by atoms with Gasteiger partial charge < -0.3 is 19.7 Å². The third-order valence-electron chi connectivity index (χ3n) is 6.29. The number of nitrogens with one attached hydrogen (secondary N) is 1. The van der Waals surface area contributed by atoms with Gasteiger partial charge in [-0.25, -0.2) is 0 Å². The summed E-state index contributed by atoms with van der Waals surface area (Å²) in [4.78, 5) is 34.6. The van der Waals surface area contributed by atoms with E-state index in [4.69, 9.17) is 0 Å². The van der Waals surface area contributed by atoms with Crippen LogP contribution >= 0.6 is 0 Å². The number of benzene rings is 2. The molecule has 0 fully saturated rings. The predicted molar refractivity (Wildman–Crippen MR) is 137 cm³/mol. The Balaban J connectivity index is 1.44. The Morgan fingerprint density at radius 1 is 0.943 bits per heavy atom. The van der Waals surface area contributed by atoms with Crippen LogP contribution in [0.1, 0.15) is 37.7 Å². The summed E-state index contributed by atoms with van der Waals surface area (Å²) in [5.74, 6) is -0.225. The van der Waals surface area contributed by atoms with Crippen molar-refractivity contribution in [1.29, 1.82) is 0 Å². The lowest BCUT2D eigenvalue weighted by molar-refractivity contribution is 0.0941. The van der Waals surface area contributed by atoms with Gasteiger partial charge in [0.25, 0.3) is 11.8 Å². The minimum Gasteiger partial charge on any atom is -0.378 e. The van der Waals surface area contributed by atoms with Crippen LogP contribution in [0.2, 0.25) is 0 Å². The highest BCUT2D eigenvalue weighted by Crippen LogP contribution is 2.30. The summed E-state index contributed by atoms with van der Waals surface area (Å²) in [5, 5.41) is 2.99. The first-order valence-electron chi connectivity index (χ1n) is 11.5. The van der Waals surface area contributed by atoms with Gasteiger partial charge in [-0.3, -0.25) is 14.6 Å². The van der Waals surface area contributed by atoms with Crippen LogP contribution < -0.4 is 15.1 Å². The summed E-state index contributed by atoms with van der Waals surface area (Å²) in [6.45, 7) is 1.29. The molecular weight excluding hydrogens is 438 g/mol. The fourth-order valence-corrected chi connectivity index (χ4v) is 4.37. The van der Waals surface area contributed by atoms with E-state index in [-0.39, 0.29) is 11.8 Å². The van der Waals surface area contributed by atoms with Gasteiger partial charge in [-0.2, -0.15) is 0 Å². The average Bonchev–Trinajstić information content (AvgIpc) is 3.20. The first-order chi connectivity index (χ1) is 17.0. The first-order valence-corrected chi connectivity index (χ1v) is 11.5. The average molecular weight is 466 g/mol. The van der Waals surface area contributed by atoms with Crippen molar-refractivity contribution in [1.82, 2.24) is 14.9 Å². The molecule has 1 aliphatic rings. The molecule has 0 unspecified atom stereocenters. The highest BCUT2D eigenvalue weighted by molar-refractivity contribution is 6.06.